The van der Waals surface area contributed by atoms with Crippen LogP contribution in [0.3, 0.4) is 0 Å². The van der Waals surface area contributed by atoms with Crippen LogP contribution in [0.2, 0.25) is 0 Å². The van der Waals surface area contributed by atoms with Crippen molar-refractivity contribution in [3.63, 3.8) is 0 Å². The lowest BCUT2D eigenvalue weighted by molar-refractivity contribution is -0.152. The summed E-state index contributed by atoms with van der Waals surface area (Å²) in [5, 5.41) is 18.6. The van der Waals surface area contributed by atoms with Gasteiger partial charge < -0.3 is 30.1 Å². The number of aromatic hydroxyl groups is 1. The summed E-state index contributed by atoms with van der Waals surface area (Å²) < 4.78 is 11.8. The van der Waals surface area contributed by atoms with E-state index in [1.807, 2.05) is 43.9 Å². The zero-order valence-corrected chi connectivity index (χ0v) is 22.0. The lowest BCUT2D eigenvalue weighted by atomic mass is 9.88. The minimum absolute atomic E-state index is 0.164. The average molecular weight is 511 g/mol. The number of nitrogen functional groups attached to an aromatic ring is 1. The average Bonchev–Trinajstić information content (AvgIpc) is 2.83. The highest BCUT2D eigenvalue weighted by atomic mass is 16.6. The number of anilines is 2. The predicted octanol–water partition coefficient (Wildman–Crippen LogP) is 2.97. The molecule has 10 heteroatoms. The highest BCUT2D eigenvalue weighted by Gasteiger charge is 2.48. The number of benzene rings is 1. The molecule has 1 spiro atoms. The summed E-state index contributed by atoms with van der Waals surface area (Å²) in [5.74, 6) is 1.11. The van der Waals surface area contributed by atoms with E-state index in [9.17, 15) is 9.90 Å². The van der Waals surface area contributed by atoms with E-state index < -0.39 is 5.60 Å². The molecular formula is C27H38N6O4. The van der Waals surface area contributed by atoms with Gasteiger partial charge in [0.2, 0.25) is 0 Å². The topological polar surface area (TPSA) is 117 Å². The first-order chi connectivity index (χ1) is 17.6. The first-order valence-corrected chi connectivity index (χ1v) is 13.1. The third-order valence-corrected chi connectivity index (χ3v) is 7.38. The highest BCUT2D eigenvalue weighted by Crippen LogP contribution is 2.36. The summed E-state index contributed by atoms with van der Waals surface area (Å²) in [6.07, 6.45) is 1.77. The van der Waals surface area contributed by atoms with Gasteiger partial charge in [0, 0.05) is 51.4 Å². The monoisotopic (exact) mass is 510 g/mol. The predicted molar refractivity (Wildman–Crippen MR) is 141 cm³/mol. The molecule has 3 saturated heterocycles. The highest BCUT2D eigenvalue weighted by molar-refractivity contribution is 5.74. The van der Waals surface area contributed by atoms with Gasteiger partial charge in [-0.25, -0.2) is 4.79 Å². The minimum Gasteiger partial charge on any atom is -0.507 e. The molecule has 1 amide bonds. The van der Waals surface area contributed by atoms with Crippen molar-refractivity contribution >= 4 is 17.6 Å². The van der Waals surface area contributed by atoms with Crippen molar-refractivity contribution in [3.05, 3.63) is 30.3 Å². The molecule has 0 radical (unpaired) electrons. The van der Waals surface area contributed by atoms with Gasteiger partial charge in [-0.2, -0.15) is 0 Å². The number of nitrogens with zero attached hydrogens (tertiary/aromatic N) is 5. The van der Waals surface area contributed by atoms with Crippen molar-refractivity contribution in [1.29, 1.82) is 0 Å². The Bertz CT molecular complexity index is 1120. The van der Waals surface area contributed by atoms with Crippen molar-refractivity contribution in [3.8, 4) is 17.0 Å². The molecule has 5 rings (SSSR count). The number of para-hydroxylation sites is 1. The number of phenols is 1. The van der Waals surface area contributed by atoms with Crippen LogP contribution in [0.15, 0.2) is 30.3 Å². The van der Waals surface area contributed by atoms with Gasteiger partial charge in [-0.15, -0.1) is 10.2 Å². The first kappa shape index (κ1) is 25.5. The van der Waals surface area contributed by atoms with E-state index >= 15 is 0 Å². The molecule has 3 N–H and O–H groups in total. The van der Waals surface area contributed by atoms with Gasteiger partial charge in [0.05, 0.1) is 18.0 Å². The number of likely N-dealkylation sites (tertiary alicyclic amines) is 2. The second-order valence-electron chi connectivity index (χ2n) is 11.6. The number of hydrogen-bond donors (Lipinski definition) is 2. The molecule has 1 aromatic heterocycles. The van der Waals surface area contributed by atoms with E-state index in [4.69, 9.17) is 15.2 Å². The third-order valence-electron chi connectivity index (χ3n) is 7.38. The lowest BCUT2D eigenvalue weighted by Crippen LogP contribution is -2.70. The van der Waals surface area contributed by atoms with Crippen LogP contribution in [0.5, 0.6) is 5.75 Å². The number of amides is 1. The zero-order valence-electron chi connectivity index (χ0n) is 22.0. The SMILES string of the molecule is CC(C)(C)OC(=O)N1CCC(CN2CC3(C2)CN(c2cc(-c4ccccc4O)nnc2N)CCO3)CC1. The number of carbonyl (C=O) groups is 1. The standard InChI is InChI=1S/C27H38N6O4/c1-26(2,3)37-25(35)32-10-8-19(9-11-32)15-31-16-27(17-31)18-33(12-13-36-27)22-14-21(29-30-24(22)28)20-6-4-5-7-23(20)34/h4-7,14,19,34H,8-13,15-18H2,1-3H3,(H2,28,30). The van der Waals surface area contributed by atoms with Gasteiger partial charge in [0.1, 0.15) is 17.0 Å². The van der Waals surface area contributed by atoms with E-state index in [1.165, 1.54) is 0 Å². The van der Waals surface area contributed by atoms with Gasteiger partial charge >= 0.3 is 6.09 Å². The fourth-order valence-corrected chi connectivity index (χ4v) is 5.60. The second kappa shape index (κ2) is 9.98. The molecule has 4 heterocycles. The van der Waals surface area contributed by atoms with Gasteiger partial charge in [0.15, 0.2) is 5.82 Å². The lowest BCUT2D eigenvalue weighted by Gasteiger charge is -2.55. The number of hydrogen-bond acceptors (Lipinski definition) is 9. The van der Waals surface area contributed by atoms with Gasteiger partial charge in [-0.3, -0.25) is 4.90 Å². The second-order valence-corrected chi connectivity index (χ2v) is 11.6. The number of nitrogens with two attached hydrogens (primary N) is 1. The van der Waals surface area contributed by atoms with Crippen LogP contribution >= 0.6 is 0 Å². The minimum atomic E-state index is -0.463. The summed E-state index contributed by atoms with van der Waals surface area (Å²) in [4.78, 5) is 18.9. The molecule has 0 saturated carbocycles. The van der Waals surface area contributed by atoms with E-state index in [1.54, 1.807) is 12.1 Å². The maximum absolute atomic E-state index is 12.3. The number of ether oxygens (including phenoxy) is 2. The molecule has 2 aromatic rings. The number of morpholine rings is 1. The van der Waals surface area contributed by atoms with E-state index in [0.29, 0.717) is 29.6 Å². The quantitative estimate of drug-likeness (QED) is 0.640. The van der Waals surface area contributed by atoms with E-state index in [0.717, 1.165) is 64.3 Å². The molecule has 3 aliphatic rings. The largest absolute Gasteiger partial charge is 0.507 e. The third kappa shape index (κ3) is 5.75. The normalized spacial score (nSPS) is 20.6. The molecule has 0 bridgehead atoms. The Hall–Kier alpha value is -3.11. The van der Waals surface area contributed by atoms with Gasteiger partial charge in [0.25, 0.3) is 0 Å². The number of carbonyl (C=O) groups excluding carboxylic acids is 1. The molecule has 200 valence electrons. The number of aromatic nitrogens is 2. The van der Waals surface area contributed by atoms with Crippen LogP contribution in [0.1, 0.15) is 33.6 Å². The Morgan fingerprint density at radius 2 is 1.89 bits per heavy atom. The zero-order chi connectivity index (χ0) is 26.2. The Balaban J connectivity index is 1.15. The van der Waals surface area contributed by atoms with E-state index in [2.05, 4.69) is 20.0 Å². The van der Waals surface area contributed by atoms with E-state index in [-0.39, 0.29) is 17.4 Å². The Labute approximate surface area is 218 Å². The molecule has 37 heavy (non-hydrogen) atoms. The maximum atomic E-state index is 12.3. The molecule has 1 aromatic carbocycles. The molecule has 0 atom stereocenters. The van der Waals surface area contributed by atoms with Gasteiger partial charge in [-0.05, 0) is 57.7 Å². The van der Waals surface area contributed by atoms with Crippen LogP contribution in [0.4, 0.5) is 16.3 Å². The van der Waals surface area contributed by atoms with Gasteiger partial charge in [-0.1, -0.05) is 12.1 Å². The summed E-state index contributed by atoms with van der Waals surface area (Å²) in [6.45, 7) is 12.0. The summed E-state index contributed by atoms with van der Waals surface area (Å²) in [7, 11) is 0. The molecule has 0 aliphatic carbocycles. The van der Waals surface area contributed by atoms with Crippen molar-refractivity contribution in [1.82, 2.24) is 20.0 Å². The molecule has 3 aliphatic heterocycles. The fraction of sp³-hybridized carbons (Fsp3) is 0.593. The molecule has 0 unspecified atom stereocenters. The number of phenolic OH excluding ortho intramolecular Hbond substituents is 1. The number of rotatable bonds is 4. The summed E-state index contributed by atoms with van der Waals surface area (Å²) in [5.41, 5.74) is 7.60. The smallest absolute Gasteiger partial charge is 0.410 e. The Kier molecular flexibility index (Phi) is 6.89. The fourth-order valence-electron chi connectivity index (χ4n) is 5.60. The molecule has 3 fully saturated rings. The summed E-state index contributed by atoms with van der Waals surface area (Å²) >= 11 is 0. The van der Waals surface area contributed by atoms with Crippen LogP contribution in [0.25, 0.3) is 11.3 Å². The van der Waals surface area contributed by atoms with Crippen LogP contribution < -0.4 is 10.6 Å². The van der Waals surface area contributed by atoms with Crippen LogP contribution in [-0.2, 0) is 9.47 Å². The van der Waals surface area contributed by atoms with Crippen LogP contribution in [-0.4, -0.2) is 94.8 Å². The van der Waals surface area contributed by atoms with Crippen molar-refractivity contribution in [2.24, 2.45) is 5.92 Å². The Morgan fingerprint density at radius 3 is 2.59 bits per heavy atom. The van der Waals surface area contributed by atoms with Crippen molar-refractivity contribution < 1.29 is 19.4 Å². The molecule has 10 nitrogen and oxygen atoms in total. The molecular weight excluding hydrogens is 472 g/mol. The number of piperidine rings is 1. The summed E-state index contributed by atoms with van der Waals surface area (Å²) in [6, 6.07) is 9.01. The first-order valence-electron chi connectivity index (χ1n) is 13.1. The van der Waals surface area contributed by atoms with Crippen molar-refractivity contribution in [2.75, 3.05) is 63.1 Å². The maximum Gasteiger partial charge on any atom is 0.410 e. The van der Waals surface area contributed by atoms with Crippen molar-refractivity contribution in [2.45, 2.75) is 44.8 Å². The Morgan fingerprint density at radius 1 is 1.16 bits per heavy atom. The van der Waals surface area contributed by atoms with Crippen LogP contribution in [0, 0.1) is 5.92 Å².